The van der Waals surface area contributed by atoms with E-state index >= 15 is 0 Å². The Morgan fingerprint density at radius 2 is 1.97 bits per heavy atom. The molecule has 7 nitrogen and oxygen atoms in total. The van der Waals surface area contributed by atoms with Crippen molar-refractivity contribution in [1.29, 1.82) is 0 Å². The Balaban J connectivity index is 1.63. The Bertz CT molecular complexity index is 1240. The van der Waals surface area contributed by atoms with Crippen LogP contribution in [0.4, 0.5) is 5.69 Å². The average Bonchev–Trinajstić information content (AvgIpc) is 3.25. The van der Waals surface area contributed by atoms with Crippen LogP contribution in [0.25, 0.3) is 22.1 Å². The van der Waals surface area contributed by atoms with Crippen molar-refractivity contribution in [1.82, 2.24) is 10.3 Å². The van der Waals surface area contributed by atoms with Gasteiger partial charge in [-0.2, -0.15) is 0 Å². The first-order chi connectivity index (χ1) is 14.7. The third-order valence-corrected chi connectivity index (χ3v) is 5.73. The molecule has 7 heteroatoms. The molecule has 0 amide bonds. The van der Waals surface area contributed by atoms with Crippen LogP contribution in [-0.4, -0.2) is 31.2 Å². The van der Waals surface area contributed by atoms with E-state index in [4.69, 9.17) is 13.6 Å². The van der Waals surface area contributed by atoms with E-state index < -0.39 is 0 Å². The van der Waals surface area contributed by atoms with Gasteiger partial charge in [-0.1, -0.05) is 6.07 Å². The Morgan fingerprint density at radius 3 is 2.80 bits per heavy atom. The number of hydrogen-bond acceptors (Lipinski definition) is 7. The topological polar surface area (TPSA) is 80.7 Å². The monoisotopic (exact) mass is 405 g/mol. The zero-order valence-electron chi connectivity index (χ0n) is 16.8. The number of rotatable bonds is 5. The van der Waals surface area contributed by atoms with E-state index in [1.807, 2.05) is 24.3 Å². The molecule has 0 bridgehead atoms. The van der Waals surface area contributed by atoms with Crippen LogP contribution in [0.2, 0.25) is 0 Å². The molecule has 4 aromatic rings. The number of methoxy groups -OCH3 is 1. The van der Waals surface area contributed by atoms with Crippen LogP contribution in [0.1, 0.15) is 18.4 Å². The summed E-state index contributed by atoms with van der Waals surface area (Å²) in [4.78, 5) is 19.0. The van der Waals surface area contributed by atoms with Crippen LogP contribution >= 0.6 is 0 Å². The Labute approximate surface area is 173 Å². The molecule has 1 saturated heterocycles. The molecule has 5 rings (SSSR count). The fraction of sp³-hybridized carbons (Fsp3) is 0.304. The van der Waals surface area contributed by atoms with Crippen molar-refractivity contribution in [3.63, 3.8) is 0 Å². The summed E-state index contributed by atoms with van der Waals surface area (Å²) in [6.07, 6.45) is 3.46. The summed E-state index contributed by atoms with van der Waals surface area (Å²) in [5, 5.41) is 4.29. The number of aromatic nitrogens is 1. The lowest BCUT2D eigenvalue weighted by molar-refractivity contribution is 0.414. The first kappa shape index (κ1) is 18.7. The third-order valence-electron chi connectivity index (χ3n) is 5.73. The normalized spacial score (nSPS) is 15.0. The second-order valence-electron chi connectivity index (χ2n) is 7.58. The SMILES string of the molecule is COc1ccc2oc(=O)cc(N(Cc3ccc4ocnc4c3)C3CCNCC3)c2c1. The van der Waals surface area contributed by atoms with Gasteiger partial charge in [-0.25, -0.2) is 9.78 Å². The van der Waals surface area contributed by atoms with Gasteiger partial charge in [0.2, 0.25) is 0 Å². The zero-order chi connectivity index (χ0) is 20.5. The molecule has 2 aromatic heterocycles. The van der Waals surface area contributed by atoms with Crippen molar-refractivity contribution in [2.75, 3.05) is 25.1 Å². The lowest BCUT2D eigenvalue weighted by atomic mass is 10.0. The van der Waals surface area contributed by atoms with Crippen molar-refractivity contribution in [3.8, 4) is 5.75 Å². The smallest absolute Gasteiger partial charge is 0.338 e. The molecule has 3 heterocycles. The number of fused-ring (bicyclic) bond motifs is 2. The highest BCUT2D eigenvalue weighted by Crippen LogP contribution is 2.33. The summed E-state index contributed by atoms with van der Waals surface area (Å²) >= 11 is 0. The molecule has 154 valence electrons. The van der Waals surface area contributed by atoms with E-state index in [9.17, 15) is 4.79 Å². The van der Waals surface area contributed by atoms with Crippen molar-refractivity contribution in [3.05, 3.63) is 64.8 Å². The molecule has 1 aliphatic heterocycles. The Hall–Kier alpha value is -3.32. The fourth-order valence-corrected chi connectivity index (χ4v) is 4.22. The van der Waals surface area contributed by atoms with Crippen molar-refractivity contribution >= 4 is 27.8 Å². The quantitative estimate of drug-likeness (QED) is 0.507. The average molecular weight is 405 g/mol. The van der Waals surface area contributed by atoms with Gasteiger partial charge in [0.25, 0.3) is 0 Å². The standard InChI is InChI=1S/C23H23N3O4/c1-28-17-3-5-21-18(11-17)20(12-23(27)30-21)26(16-6-8-24-9-7-16)13-15-2-4-22-19(10-15)25-14-29-22/h2-5,10-12,14,16,24H,6-9,13H2,1H3. The maximum absolute atomic E-state index is 12.4. The van der Waals surface area contributed by atoms with E-state index in [0.717, 1.165) is 59.4 Å². The molecule has 1 fully saturated rings. The summed E-state index contributed by atoms with van der Waals surface area (Å²) in [6.45, 7) is 2.56. The van der Waals surface area contributed by atoms with Crippen LogP contribution in [-0.2, 0) is 6.54 Å². The molecule has 1 N–H and O–H groups in total. The van der Waals surface area contributed by atoms with Gasteiger partial charge in [-0.15, -0.1) is 0 Å². The maximum atomic E-state index is 12.4. The number of anilines is 1. The van der Waals surface area contributed by atoms with Gasteiger partial charge in [-0.05, 0) is 61.8 Å². The van der Waals surface area contributed by atoms with E-state index in [-0.39, 0.29) is 5.63 Å². The number of hydrogen-bond donors (Lipinski definition) is 1. The highest BCUT2D eigenvalue weighted by atomic mass is 16.5. The van der Waals surface area contributed by atoms with Crippen LogP contribution in [0.5, 0.6) is 5.75 Å². The van der Waals surface area contributed by atoms with Gasteiger partial charge in [-0.3, -0.25) is 0 Å². The van der Waals surface area contributed by atoms with Gasteiger partial charge in [0.05, 0.1) is 12.8 Å². The number of piperidine rings is 1. The first-order valence-electron chi connectivity index (χ1n) is 10.1. The molecule has 0 aliphatic carbocycles. The van der Waals surface area contributed by atoms with Gasteiger partial charge in [0.15, 0.2) is 12.0 Å². The second-order valence-corrected chi connectivity index (χ2v) is 7.58. The van der Waals surface area contributed by atoms with Gasteiger partial charge in [0.1, 0.15) is 16.8 Å². The van der Waals surface area contributed by atoms with Gasteiger partial charge >= 0.3 is 5.63 Å². The molecular formula is C23H23N3O4. The number of ether oxygens (including phenoxy) is 1. The molecule has 1 aliphatic rings. The van der Waals surface area contributed by atoms with Crippen molar-refractivity contribution in [2.45, 2.75) is 25.4 Å². The lowest BCUT2D eigenvalue weighted by Crippen LogP contribution is -2.43. The minimum absolute atomic E-state index is 0.301. The number of nitrogens with one attached hydrogen (secondary N) is 1. The molecule has 30 heavy (non-hydrogen) atoms. The number of nitrogens with zero attached hydrogens (tertiary/aromatic N) is 2. The summed E-state index contributed by atoms with van der Waals surface area (Å²) in [6, 6.07) is 13.5. The lowest BCUT2D eigenvalue weighted by Gasteiger charge is -2.37. The summed E-state index contributed by atoms with van der Waals surface area (Å²) in [5.74, 6) is 0.729. The minimum atomic E-state index is -0.353. The summed E-state index contributed by atoms with van der Waals surface area (Å²) < 4.78 is 16.3. The van der Waals surface area contributed by atoms with Crippen molar-refractivity contribution in [2.24, 2.45) is 0 Å². The molecule has 0 radical (unpaired) electrons. The Morgan fingerprint density at radius 1 is 1.13 bits per heavy atom. The molecule has 0 unspecified atom stereocenters. The first-order valence-corrected chi connectivity index (χ1v) is 10.1. The van der Waals surface area contributed by atoms with Gasteiger partial charge < -0.3 is 23.8 Å². The largest absolute Gasteiger partial charge is 0.497 e. The minimum Gasteiger partial charge on any atom is -0.497 e. The van der Waals surface area contributed by atoms with Crippen molar-refractivity contribution < 1.29 is 13.6 Å². The Kier molecular flexibility index (Phi) is 4.88. The van der Waals surface area contributed by atoms with Crippen LogP contribution in [0.15, 0.2) is 62.5 Å². The third kappa shape index (κ3) is 3.52. The summed E-state index contributed by atoms with van der Waals surface area (Å²) in [7, 11) is 1.64. The molecule has 0 saturated carbocycles. The zero-order valence-corrected chi connectivity index (χ0v) is 16.8. The highest BCUT2D eigenvalue weighted by molar-refractivity contribution is 5.91. The summed E-state index contributed by atoms with van der Waals surface area (Å²) in [5.41, 5.74) is 3.78. The predicted octanol–water partition coefficient (Wildman–Crippen LogP) is 3.70. The van der Waals surface area contributed by atoms with Gasteiger partial charge in [0, 0.05) is 24.0 Å². The van der Waals surface area contributed by atoms with Crippen LogP contribution in [0.3, 0.4) is 0 Å². The number of benzene rings is 2. The van der Waals surface area contributed by atoms with E-state index in [2.05, 4.69) is 21.3 Å². The molecule has 0 spiro atoms. The maximum Gasteiger partial charge on any atom is 0.338 e. The van der Waals surface area contributed by atoms with E-state index in [1.54, 1.807) is 19.2 Å². The molecular weight excluding hydrogens is 382 g/mol. The fourth-order valence-electron chi connectivity index (χ4n) is 4.22. The van der Waals surface area contributed by atoms with E-state index in [0.29, 0.717) is 18.2 Å². The van der Waals surface area contributed by atoms with Crippen LogP contribution in [0, 0.1) is 0 Å². The number of oxazole rings is 1. The molecule has 0 atom stereocenters. The predicted molar refractivity (Wildman–Crippen MR) is 115 cm³/mol. The molecule has 2 aromatic carbocycles. The van der Waals surface area contributed by atoms with Crippen LogP contribution < -0.4 is 20.6 Å². The second kappa shape index (κ2) is 7.84. The van der Waals surface area contributed by atoms with E-state index in [1.165, 1.54) is 6.39 Å². The highest BCUT2D eigenvalue weighted by Gasteiger charge is 2.24.